The van der Waals surface area contributed by atoms with Gasteiger partial charge >= 0.3 is 0 Å². The zero-order valence-corrected chi connectivity index (χ0v) is 18.3. The molecule has 0 bridgehead atoms. The fraction of sp³-hybridized carbons (Fsp3) is 0.682. The van der Waals surface area contributed by atoms with E-state index in [1.54, 1.807) is 19.9 Å². The first-order valence-corrected chi connectivity index (χ1v) is 12.2. The number of ketones is 1. The van der Waals surface area contributed by atoms with Crippen LogP contribution in [0, 0.1) is 11.8 Å². The summed E-state index contributed by atoms with van der Waals surface area (Å²) in [7, 11) is -3.02. The summed E-state index contributed by atoms with van der Waals surface area (Å²) in [6.45, 7) is 6.25. The van der Waals surface area contributed by atoms with Gasteiger partial charge in [-0.3, -0.25) is 4.79 Å². The first kappa shape index (κ1) is 22.7. The number of nitrogen functional groups attached to an aromatic ring is 1. The first-order valence-electron chi connectivity index (χ1n) is 10.5. The van der Waals surface area contributed by atoms with E-state index in [2.05, 4.69) is 6.92 Å². The van der Waals surface area contributed by atoms with Crippen molar-refractivity contribution >= 4 is 21.3 Å². The predicted octanol–water partition coefficient (Wildman–Crippen LogP) is 4.19. The van der Waals surface area contributed by atoms with Gasteiger partial charge in [-0.25, -0.2) is 8.42 Å². The van der Waals surface area contributed by atoms with E-state index in [9.17, 15) is 13.2 Å². The third kappa shape index (κ3) is 6.50. The molecule has 0 unspecified atom stereocenters. The number of sulfone groups is 1. The van der Waals surface area contributed by atoms with E-state index in [1.165, 1.54) is 0 Å². The van der Waals surface area contributed by atoms with E-state index in [0.717, 1.165) is 49.8 Å². The van der Waals surface area contributed by atoms with Crippen LogP contribution in [0.25, 0.3) is 0 Å². The normalized spacial score (nSPS) is 20.3. The molecular formula is C22H35NO4S. The van der Waals surface area contributed by atoms with Crippen molar-refractivity contribution in [3.8, 4) is 5.75 Å². The van der Waals surface area contributed by atoms with Crippen LogP contribution in [-0.2, 0) is 21.1 Å². The second kappa shape index (κ2) is 10.3. The second-order valence-corrected chi connectivity index (χ2v) is 10.9. The van der Waals surface area contributed by atoms with Crippen molar-refractivity contribution in [2.45, 2.75) is 71.0 Å². The molecule has 5 nitrogen and oxygen atoms in total. The van der Waals surface area contributed by atoms with Gasteiger partial charge in [-0.2, -0.15) is 0 Å². The second-order valence-electron chi connectivity index (χ2n) is 8.30. The number of nitrogens with two attached hydrogens (primary N) is 1. The Balaban J connectivity index is 1.86. The minimum absolute atomic E-state index is 0.0119. The lowest BCUT2D eigenvalue weighted by Gasteiger charge is -2.28. The highest BCUT2D eigenvalue weighted by atomic mass is 32.2. The highest BCUT2D eigenvalue weighted by Gasteiger charge is 2.30. The maximum absolute atomic E-state index is 12.7. The van der Waals surface area contributed by atoms with Crippen molar-refractivity contribution in [2.75, 3.05) is 18.1 Å². The van der Waals surface area contributed by atoms with Crippen LogP contribution >= 0.6 is 0 Å². The molecule has 0 heterocycles. The van der Waals surface area contributed by atoms with E-state index in [1.807, 2.05) is 12.1 Å². The molecule has 1 aromatic rings. The molecule has 1 aromatic carbocycles. The van der Waals surface area contributed by atoms with Crippen LogP contribution in [0.4, 0.5) is 5.69 Å². The van der Waals surface area contributed by atoms with E-state index < -0.39 is 9.84 Å². The molecule has 0 radical (unpaired) electrons. The molecule has 0 atom stereocenters. The molecular weight excluding hydrogens is 374 g/mol. The molecule has 0 aromatic heterocycles. The van der Waals surface area contributed by atoms with Crippen molar-refractivity contribution in [1.29, 1.82) is 0 Å². The van der Waals surface area contributed by atoms with Crippen LogP contribution in [0.1, 0.15) is 64.9 Å². The molecule has 2 N–H and O–H groups in total. The molecule has 6 heteroatoms. The van der Waals surface area contributed by atoms with Crippen LogP contribution in [0.5, 0.6) is 5.75 Å². The molecule has 0 amide bonds. The Kier molecular flexibility index (Phi) is 8.35. The van der Waals surface area contributed by atoms with Crippen LogP contribution in [0.3, 0.4) is 0 Å². The van der Waals surface area contributed by atoms with Gasteiger partial charge < -0.3 is 10.5 Å². The van der Waals surface area contributed by atoms with Crippen LogP contribution in [-0.4, -0.2) is 31.8 Å². The quantitative estimate of drug-likeness (QED) is 0.462. The Morgan fingerprint density at radius 3 is 2.46 bits per heavy atom. The minimum Gasteiger partial charge on any atom is -0.494 e. The van der Waals surface area contributed by atoms with E-state index in [-0.39, 0.29) is 28.6 Å². The highest BCUT2D eigenvalue weighted by molar-refractivity contribution is 7.91. The summed E-state index contributed by atoms with van der Waals surface area (Å²) in [6.07, 6.45) is 5.57. The van der Waals surface area contributed by atoms with Gasteiger partial charge in [-0.05, 0) is 63.5 Å². The van der Waals surface area contributed by atoms with Gasteiger partial charge in [-0.15, -0.1) is 0 Å². The molecule has 0 spiro atoms. The SMILES string of the molecule is CCCCOc1ccc(CC(=O)C2CCC(CS(=O)(=O)C(C)C)CC2)c(N)c1. The van der Waals surface area contributed by atoms with Gasteiger partial charge in [0.1, 0.15) is 11.5 Å². The molecule has 158 valence electrons. The zero-order valence-electron chi connectivity index (χ0n) is 17.4. The third-order valence-corrected chi connectivity index (χ3v) is 8.11. The molecule has 0 saturated heterocycles. The first-order chi connectivity index (χ1) is 13.2. The van der Waals surface area contributed by atoms with Crippen LogP contribution in [0.15, 0.2) is 18.2 Å². The number of ether oxygens (including phenoxy) is 1. The summed E-state index contributed by atoms with van der Waals surface area (Å²) < 4.78 is 29.9. The smallest absolute Gasteiger partial charge is 0.152 e. The molecule has 1 aliphatic carbocycles. The minimum atomic E-state index is -3.02. The topological polar surface area (TPSA) is 86.5 Å². The summed E-state index contributed by atoms with van der Waals surface area (Å²) in [6, 6.07) is 5.56. The van der Waals surface area contributed by atoms with E-state index in [0.29, 0.717) is 18.7 Å². The standard InChI is InChI=1S/C22H35NO4S/c1-4-5-12-27-20-11-10-19(21(23)14-20)13-22(24)18-8-6-17(7-9-18)15-28(25,26)16(2)3/h10-11,14,16-18H,4-9,12-13,15,23H2,1-3H3. The van der Waals surface area contributed by atoms with Crippen molar-refractivity contribution < 1.29 is 17.9 Å². The Bertz CT molecular complexity index is 750. The maximum atomic E-state index is 12.7. The zero-order chi connectivity index (χ0) is 20.7. The molecule has 2 rings (SSSR count). The summed E-state index contributed by atoms with van der Waals surface area (Å²) in [5.74, 6) is 1.39. The summed E-state index contributed by atoms with van der Waals surface area (Å²) in [4.78, 5) is 12.7. The Hall–Kier alpha value is -1.56. The van der Waals surface area contributed by atoms with Crippen molar-refractivity contribution in [3.05, 3.63) is 23.8 Å². The molecule has 1 saturated carbocycles. The fourth-order valence-corrected chi connectivity index (χ4v) is 5.04. The molecule has 28 heavy (non-hydrogen) atoms. The van der Waals surface area contributed by atoms with E-state index >= 15 is 0 Å². The molecule has 0 aliphatic heterocycles. The lowest BCUT2D eigenvalue weighted by molar-refractivity contribution is -0.123. The van der Waals surface area contributed by atoms with Crippen molar-refractivity contribution in [3.63, 3.8) is 0 Å². The largest absolute Gasteiger partial charge is 0.494 e. The number of unbranched alkanes of at least 4 members (excludes halogenated alkanes) is 1. The Morgan fingerprint density at radius 1 is 1.21 bits per heavy atom. The van der Waals surface area contributed by atoms with Crippen LogP contribution < -0.4 is 10.5 Å². The average molecular weight is 410 g/mol. The third-order valence-electron chi connectivity index (χ3n) is 5.74. The summed E-state index contributed by atoms with van der Waals surface area (Å²) >= 11 is 0. The van der Waals surface area contributed by atoms with Crippen molar-refractivity contribution in [2.24, 2.45) is 11.8 Å². The van der Waals surface area contributed by atoms with Gasteiger partial charge in [0.25, 0.3) is 0 Å². The number of hydrogen-bond acceptors (Lipinski definition) is 5. The van der Waals surface area contributed by atoms with Gasteiger partial charge in [0.15, 0.2) is 9.84 Å². The fourth-order valence-electron chi connectivity index (χ4n) is 3.66. The summed E-state index contributed by atoms with van der Waals surface area (Å²) in [5.41, 5.74) is 7.57. The lowest BCUT2D eigenvalue weighted by Crippen LogP contribution is -2.29. The van der Waals surface area contributed by atoms with Crippen LogP contribution in [0.2, 0.25) is 0 Å². The number of benzene rings is 1. The number of Topliss-reactive ketones (excluding diaryl/α,β-unsaturated/α-hetero) is 1. The highest BCUT2D eigenvalue weighted by Crippen LogP contribution is 2.32. The van der Waals surface area contributed by atoms with Gasteiger partial charge in [-0.1, -0.05) is 19.4 Å². The van der Waals surface area contributed by atoms with Crippen molar-refractivity contribution in [1.82, 2.24) is 0 Å². The molecule has 1 aliphatic rings. The maximum Gasteiger partial charge on any atom is 0.152 e. The average Bonchev–Trinajstić information content (AvgIpc) is 2.64. The van der Waals surface area contributed by atoms with E-state index in [4.69, 9.17) is 10.5 Å². The number of anilines is 1. The van der Waals surface area contributed by atoms with Gasteiger partial charge in [0.05, 0.1) is 17.6 Å². The predicted molar refractivity (Wildman–Crippen MR) is 114 cm³/mol. The van der Waals surface area contributed by atoms with Gasteiger partial charge in [0, 0.05) is 24.1 Å². The Morgan fingerprint density at radius 2 is 1.89 bits per heavy atom. The number of hydrogen-bond donors (Lipinski definition) is 1. The Labute approximate surface area is 170 Å². The summed E-state index contributed by atoms with van der Waals surface area (Å²) in [5, 5.41) is -0.330. The lowest BCUT2D eigenvalue weighted by atomic mass is 9.79. The van der Waals surface area contributed by atoms with Gasteiger partial charge in [0.2, 0.25) is 0 Å². The number of carbonyl (C=O) groups is 1. The number of rotatable bonds is 10. The molecule has 1 fully saturated rings. The number of carbonyl (C=O) groups excluding carboxylic acids is 1. The monoisotopic (exact) mass is 409 g/mol.